The van der Waals surface area contributed by atoms with Gasteiger partial charge >= 0.3 is 0 Å². The highest BCUT2D eigenvalue weighted by molar-refractivity contribution is 8.04. The number of carbonyl (C=O) groups is 2. The summed E-state index contributed by atoms with van der Waals surface area (Å²) in [5.74, 6) is -0.132. The van der Waals surface area contributed by atoms with Gasteiger partial charge in [-0.3, -0.25) is 9.59 Å². The molecule has 1 aromatic carbocycles. The molecule has 1 aliphatic heterocycles. The van der Waals surface area contributed by atoms with Crippen molar-refractivity contribution < 1.29 is 19.1 Å². The van der Waals surface area contributed by atoms with Gasteiger partial charge in [-0.2, -0.15) is 0 Å². The van der Waals surface area contributed by atoms with Crippen LogP contribution in [0.5, 0.6) is 0 Å². The Labute approximate surface area is 183 Å². The highest BCUT2D eigenvalue weighted by atomic mass is 32.2. The Balaban J connectivity index is 1.54. The van der Waals surface area contributed by atoms with Crippen LogP contribution < -0.4 is 10.6 Å². The topological polar surface area (TPSA) is 76.7 Å². The number of carbonyl (C=O) groups excluding carboxylic acids is 2. The number of amides is 2. The van der Waals surface area contributed by atoms with Crippen molar-refractivity contribution in [1.29, 1.82) is 0 Å². The first-order chi connectivity index (χ1) is 14.5. The van der Waals surface area contributed by atoms with Crippen molar-refractivity contribution in [3.8, 4) is 0 Å². The molecule has 1 saturated carbocycles. The molecule has 164 valence electrons. The highest BCUT2D eigenvalue weighted by Crippen LogP contribution is 2.39. The van der Waals surface area contributed by atoms with Crippen LogP contribution in [-0.4, -0.2) is 49.2 Å². The molecule has 1 saturated heterocycles. The Morgan fingerprint density at radius 1 is 1.23 bits per heavy atom. The maximum atomic E-state index is 12.6. The second-order valence-electron chi connectivity index (χ2n) is 7.75. The molecular formula is C23H32N2O4S. The Kier molecular flexibility index (Phi) is 8.36. The van der Waals surface area contributed by atoms with Gasteiger partial charge in [-0.05, 0) is 51.7 Å². The first kappa shape index (κ1) is 22.8. The molecule has 7 heteroatoms. The standard InChI is InChI=1S/C23H32N2O4S/c1-4-28-21(29-5-2)14-24-22(26)17-10-11-19-18(13-17)25-23(27)20(30-19)12-16-8-6-15(3)7-9-16/h6-9,12,17-19,21H,4-5,10-11,13-14H2,1-3H3,(H,24,26)(H,25,27)/b20-12+. The summed E-state index contributed by atoms with van der Waals surface area (Å²) in [7, 11) is 0. The third-order valence-corrected chi connectivity index (χ3v) is 6.92. The van der Waals surface area contributed by atoms with E-state index >= 15 is 0 Å². The van der Waals surface area contributed by atoms with E-state index in [0.29, 0.717) is 31.4 Å². The summed E-state index contributed by atoms with van der Waals surface area (Å²) in [5.41, 5.74) is 2.23. The van der Waals surface area contributed by atoms with E-state index in [9.17, 15) is 9.59 Å². The fourth-order valence-electron chi connectivity index (χ4n) is 3.91. The Hall–Kier alpha value is -1.83. The van der Waals surface area contributed by atoms with Crippen LogP contribution in [0, 0.1) is 12.8 Å². The molecule has 3 rings (SSSR count). The number of benzene rings is 1. The number of fused-ring (bicyclic) bond motifs is 1. The van der Waals surface area contributed by atoms with Gasteiger partial charge in [0, 0.05) is 30.4 Å². The smallest absolute Gasteiger partial charge is 0.257 e. The summed E-state index contributed by atoms with van der Waals surface area (Å²) in [6, 6.07) is 8.18. The number of ether oxygens (including phenoxy) is 2. The number of nitrogens with one attached hydrogen (secondary N) is 2. The van der Waals surface area contributed by atoms with Crippen LogP contribution >= 0.6 is 11.8 Å². The van der Waals surface area contributed by atoms with Crippen LogP contribution in [0.4, 0.5) is 0 Å². The third-order valence-electron chi connectivity index (χ3n) is 5.50. The predicted octanol–water partition coefficient (Wildman–Crippen LogP) is 3.25. The van der Waals surface area contributed by atoms with Gasteiger partial charge in [-0.1, -0.05) is 29.8 Å². The van der Waals surface area contributed by atoms with E-state index < -0.39 is 6.29 Å². The summed E-state index contributed by atoms with van der Waals surface area (Å²) >= 11 is 1.65. The molecule has 0 radical (unpaired) electrons. The zero-order valence-electron chi connectivity index (χ0n) is 18.0. The maximum Gasteiger partial charge on any atom is 0.257 e. The normalized spacial score (nSPS) is 25.1. The molecule has 2 aliphatic rings. The molecule has 0 spiro atoms. The molecule has 3 unspecified atom stereocenters. The Morgan fingerprint density at radius 2 is 1.93 bits per heavy atom. The molecule has 0 bridgehead atoms. The first-order valence-corrected chi connectivity index (χ1v) is 11.6. The number of thioether (sulfide) groups is 1. The van der Waals surface area contributed by atoms with Crippen LogP contribution in [0.15, 0.2) is 29.2 Å². The Morgan fingerprint density at radius 3 is 2.60 bits per heavy atom. The largest absolute Gasteiger partial charge is 0.351 e. The molecule has 2 fully saturated rings. The van der Waals surface area contributed by atoms with Gasteiger partial charge in [-0.15, -0.1) is 11.8 Å². The molecule has 1 aromatic rings. The maximum absolute atomic E-state index is 12.6. The van der Waals surface area contributed by atoms with E-state index in [1.165, 1.54) is 5.56 Å². The number of rotatable bonds is 8. The minimum atomic E-state index is -0.417. The van der Waals surface area contributed by atoms with Crippen molar-refractivity contribution >= 4 is 29.7 Å². The number of aryl methyl sites for hydroxylation is 1. The lowest BCUT2D eigenvalue weighted by molar-refractivity contribution is -0.142. The summed E-state index contributed by atoms with van der Waals surface area (Å²) < 4.78 is 11.0. The van der Waals surface area contributed by atoms with Gasteiger partial charge in [0.05, 0.1) is 11.4 Å². The molecule has 1 aliphatic carbocycles. The van der Waals surface area contributed by atoms with Crippen LogP contribution in [0.3, 0.4) is 0 Å². The van der Waals surface area contributed by atoms with Crippen LogP contribution in [0.2, 0.25) is 0 Å². The summed E-state index contributed by atoms with van der Waals surface area (Å²) in [6.45, 7) is 7.27. The minimum absolute atomic E-state index is 0.0121. The van der Waals surface area contributed by atoms with E-state index in [0.717, 1.165) is 23.3 Å². The molecule has 30 heavy (non-hydrogen) atoms. The molecule has 1 heterocycles. The van der Waals surface area contributed by atoms with Gasteiger partial charge in [-0.25, -0.2) is 0 Å². The summed E-state index contributed by atoms with van der Waals surface area (Å²) in [6.07, 6.45) is 3.93. The quantitative estimate of drug-likeness (QED) is 0.487. The SMILES string of the molecule is CCOC(CNC(=O)C1CCC2S/C(=C/c3ccc(C)cc3)C(=O)NC2C1)OCC. The average molecular weight is 433 g/mol. The molecule has 3 atom stereocenters. The second-order valence-corrected chi connectivity index (χ2v) is 9.03. The number of hydrogen-bond acceptors (Lipinski definition) is 5. The Bertz CT molecular complexity index is 759. The summed E-state index contributed by atoms with van der Waals surface area (Å²) in [4.78, 5) is 26.0. The minimum Gasteiger partial charge on any atom is -0.351 e. The van der Waals surface area contributed by atoms with Gasteiger partial charge in [0.25, 0.3) is 5.91 Å². The predicted molar refractivity (Wildman–Crippen MR) is 120 cm³/mol. The molecule has 2 amide bonds. The van der Waals surface area contributed by atoms with Crippen LogP contribution in [-0.2, 0) is 19.1 Å². The summed E-state index contributed by atoms with van der Waals surface area (Å²) in [5, 5.41) is 6.40. The van der Waals surface area contributed by atoms with Gasteiger partial charge in [0.2, 0.25) is 5.91 Å². The van der Waals surface area contributed by atoms with E-state index in [1.54, 1.807) is 11.8 Å². The van der Waals surface area contributed by atoms with Gasteiger partial charge < -0.3 is 20.1 Å². The van der Waals surface area contributed by atoms with Crippen molar-refractivity contribution in [1.82, 2.24) is 10.6 Å². The van der Waals surface area contributed by atoms with Crippen molar-refractivity contribution in [2.75, 3.05) is 19.8 Å². The van der Waals surface area contributed by atoms with Crippen molar-refractivity contribution in [2.45, 2.75) is 57.6 Å². The fraction of sp³-hybridized carbons (Fsp3) is 0.565. The van der Waals surface area contributed by atoms with Crippen LogP contribution in [0.1, 0.15) is 44.2 Å². The molecule has 6 nitrogen and oxygen atoms in total. The zero-order valence-corrected chi connectivity index (χ0v) is 18.8. The van der Waals surface area contributed by atoms with Crippen molar-refractivity contribution in [3.05, 3.63) is 40.3 Å². The second kappa shape index (κ2) is 11.0. The lowest BCUT2D eigenvalue weighted by Crippen LogP contribution is -2.52. The van der Waals surface area contributed by atoms with Gasteiger partial charge in [0.15, 0.2) is 6.29 Å². The molecular weight excluding hydrogens is 400 g/mol. The molecule has 0 aromatic heterocycles. The zero-order chi connectivity index (χ0) is 21.5. The highest BCUT2D eigenvalue weighted by Gasteiger charge is 2.39. The van der Waals surface area contributed by atoms with Crippen molar-refractivity contribution in [3.63, 3.8) is 0 Å². The van der Waals surface area contributed by atoms with Crippen molar-refractivity contribution in [2.24, 2.45) is 5.92 Å². The fourth-order valence-corrected chi connectivity index (χ4v) is 5.20. The molecule has 2 N–H and O–H groups in total. The van der Waals surface area contributed by atoms with E-state index in [2.05, 4.69) is 10.6 Å². The average Bonchev–Trinajstić information content (AvgIpc) is 2.74. The lowest BCUT2D eigenvalue weighted by Gasteiger charge is -2.39. The first-order valence-electron chi connectivity index (χ1n) is 10.8. The van der Waals surface area contributed by atoms with E-state index in [-0.39, 0.29) is 23.8 Å². The monoisotopic (exact) mass is 432 g/mol. The van der Waals surface area contributed by atoms with Gasteiger partial charge in [0.1, 0.15) is 0 Å². The van der Waals surface area contributed by atoms with E-state index in [4.69, 9.17) is 9.47 Å². The van der Waals surface area contributed by atoms with E-state index in [1.807, 2.05) is 51.1 Å². The third kappa shape index (κ3) is 6.09. The van der Waals surface area contributed by atoms with Crippen LogP contribution in [0.25, 0.3) is 6.08 Å². The number of hydrogen-bond donors (Lipinski definition) is 2. The lowest BCUT2D eigenvalue weighted by atomic mass is 9.84.